The average Bonchev–Trinajstić information content (AvgIpc) is 2.91. The van der Waals surface area contributed by atoms with Crippen LogP contribution in [0.15, 0.2) is 91.4 Å². The Kier molecular flexibility index (Phi) is 6.29. The topological polar surface area (TPSA) is 83.5 Å². The first-order valence-electron chi connectivity index (χ1n) is 11.1. The van der Waals surface area contributed by atoms with Crippen molar-refractivity contribution in [3.63, 3.8) is 0 Å². The van der Waals surface area contributed by atoms with Gasteiger partial charge in [0.05, 0.1) is 0 Å². The summed E-state index contributed by atoms with van der Waals surface area (Å²) in [7, 11) is 0. The van der Waals surface area contributed by atoms with Gasteiger partial charge in [0.2, 0.25) is 0 Å². The van der Waals surface area contributed by atoms with Crippen molar-refractivity contribution in [3.8, 4) is 11.5 Å². The quantitative estimate of drug-likeness (QED) is 0.465. The summed E-state index contributed by atoms with van der Waals surface area (Å²) in [5.41, 5.74) is 1.20. The number of aromatic nitrogens is 3. The maximum atomic E-state index is 13.0. The number of carbonyl (C=O) groups is 1. The van der Waals surface area contributed by atoms with Crippen LogP contribution in [0.25, 0.3) is 0 Å². The molecule has 8 nitrogen and oxygen atoms in total. The third-order valence-electron chi connectivity index (χ3n) is 5.53. The van der Waals surface area contributed by atoms with E-state index in [4.69, 9.17) is 4.74 Å². The fourth-order valence-corrected chi connectivity index (χ4v) is 3.76. The molecule has 1 aliphatic heterocycles. The molecule has 1 fully saturated rings. The average molecular weight is 453 g/mol. The highest BCUT2D eigenvalue weighted by Crippen LogP contribution is 2.24. The summed E-state index contributed by atoms with van der Waals surface area (Å²) in [4.78, 5) is 29.9. The van der Waals surface area contributed by atoms with E-state index in [1.807, 2.05) is 77.7 Å². The summed E-state index contributed by atoms with van der Waals surface area (Å²) in [6.45, 7) is 2.70. The van der Waals surface area contributed by atoms with Crippen molar-refractivity contribution in [1.29, 1.82) is 0 Å². The Morgan fingerprint density at radius 1 is 0.794 bits per heavy atom. The van der Waals surface area contributed by atoms with Crippen LogP contribution < -0.4 is 15.0 Å². The van der Waals surface area contributed by atoms with Crippen molar-refractivity contribution in [2.24, 2.45) is 0 Å². The van der Waals surface area contributed by atoms with Crippen LogP contribution in [0, 0.1) is 0 Å². The fourth-order valence-electron chi connectivity index (χ4n) is 3.76. The lowest BCUT2D eigenvalue weighted by Gasteiger charge is -2.35. The van der Waals surface area contributed by atoms with Crippen LogP contribution in [0.1, 0.15) is 10.5 Å². The molecule has 0 saturated carbocycles. The van der Waals surface area contributed by atoms with Crippen molar-refractivity contribution in [1.82, 2.24) is 19.9 Å². The molecule has 2 aromatic carbocycles. The number of benzene rings is 2. The van der Waals surface area contributed by atoms with Gasteiger partial charge in [-0.1, -0.05) is 24.3 Å². The second kappa shape index (κ2) is 9.99. The van der Waals surface area contributed by atoms with E-state index in [0.29, 0.717) is 24.6 Å². The Balaban J connectivity index is 1.19. The van der Waals surface area contributed by atoms with Crippen LogP contribution in [0.2, 0.25) is 0 Å². The van der Waals surface area contributed by atoms with E-state index in [-0.39, 0.29) is 5.91 Å². The second-order valence-electron chi connectivity index (χ2n) is 7.82. The zero-order valence-corrected chi connectivity index (χ0v) is 18.5. The first kappa shape index (κ1) is 21.4. The van der Waals surface area contributed by atoms with Gasteiger partial charge in [0.15, 0.2) is 0 Å². The number of pyridine rings is 1. The molecular weight excluding hydrogens is 428 g/mol. The van der Waals surface area contributed by atoms with Gasteiger partial charge in [-0.3, -0.25) is 4.79 Å². The molecule has 1 N–H and O–H groups in total. The number of nitrogens with one attached hydrogen (secondary N) is 1. The second-order valence-corrected chi connectivity index (χ2v) is 7.82. The molecule has 1 saturated heterocycles. The molecule has 0 unspecified atom stereocenters. The minimum atomic E-state index is -0.0993. The third kappa shape index (κ3) is 5.12. The first-order chi connectivity index (χ1) is 16.7. The molecule has 0 aliphatic carbocycles. The lowest BCUT2D eigenvalue weighted by atomic mass is 10.2. The van der Waals surface area contributed by atoms with E-state index in [1.165, 1.54) is 6.33 Å². The zero-order chi connectivity index (χ0) is 23.2. The number of para-hydroxylation sites is 1. The molecular formula is C26H24N6O2. The monoisotopic (exact) mass is 452 g/mol. The Labute approximate surface area is 197 Å². The Morgan fingerprint density at radius 3 is 2.26 bits per heavy atom. The lowest BCUT2D eigenvalue weighted by Crippen LogP contribution is -2.49. The SMILES string of the molecule is O=C(c1cc(Nc2ccc(Oc3ccccc3)cc2)ncn1)N1CCN(c2ccccn2)CC1. The highest BCUT2D eigenvalue weighted by atomic mass is 16.5. The van der Waals surface area contributed by atoms with Gasteiger partial charge in [-0.15, -0.1) is 0 Å². The molecule has 0 bridgehead atoms. The van der Waals surface area contributed by atoms with Crippen LogP contribution in [-0.2, 0) is 0 Å². The molecule has 2 aromatic heterocycles. The van der Waals surface area contributed by atoms with Crippen molar-refractivity contribution >= 4 is 23.2 Å². The number of carbonyl (C=O) groups excluding carboxylic acids is 1. The maximum absolute atomic E-state index is 13.0. The van der Waals surface area contributed by atoms with Crippen molar-refractivity contribution in [3.05, 3.63) is 97.1 Å². The van der Waals surface area contributed by atoms with Crippen LogP contribution >= 0.6 is 0 Å². The Bertz CT molecular complexity index is 1230. The fraction of sp³-hybridized carbons (Fsp3) is 0.154. The first-order valence-corrected chi connectivity index (χ1v) is 11.1. The summed E-state index contributed by atoms with van der Waals surface area (Å²) in [5.74, 6) is 2.91. The number of hydrogen-bond acceptors (Lipinski definition) is 7. The van der Waals surface area contributed by atoms with Crippen LogP contribution in [0.5, 0.6) is 11.5 Å². The molecule has 170 valence electrons. The Hall–Kier alpha value is -4.46. The van der Waals surface area contributed by atoms with Crippen molar-refractivity contribution < 1.29 is 9.53 Å². The molecule has 3 heterocycles. The standard InChI is InChI=1S/C26H24N6O2/c33-26(32-16-14-31(15-17-32)25-8-4-5-13-27-25)23-18-24(29-19-28-23)30-20-9-11-22(12-10-20)34-21-6-2-1-3-7-21/h1-13,18-19H,14-17H2,(H,28,29,30). The van der Waals surface area contributed by atoms with Gasteiger partial charge < -0.3 is 19.9 Å². The van der Waals surface area contributed by atoms with E-state index in [1.54, 1.807) is 12.3 Å². The summed E-state index contributed by atoms with van der Waals surface area (Å²) in [5, 5.41) is 3.23. The van der Waals surface area contributed by atoms with Crippen LogP contribution in [0.4, 0.5) is 17.3 Å². The van der Waals surface area contributed by atoms with Gasteiger partial charge in [-0.2, -0.15) is 0 Å². The van der Waals surface area contributed by atoms with Crippen LogP contribution in [0.3, 0.4) is 0 Å². The van der Waals surface area contributed by atoms with Crippen LogP contribution in [-0.4, -0.2) is 51.9 Å². The molecule has 0 atom stereocenters. The zero-order valence-electron chi connectivity index (χ0n) is 18.5. The predicted molar refractivity (Wildman–Crippen MR) is 131 cm³/mol. The molecule has 1 aliphatic rings. The van der Waals surface area contributed by atoms with E-state index in [2.05, 4.69) is 25.2 Å². The molecule has 4 aromatic rings. The van der Waals surface area contributed by atoms with Crippen molar-refractivity contribution in [2.75, 3.05) is 36.4 Å². The van der Waals surface area contributed by atoms with E-state index < -0.39 is 0 Å². The normalized spacial score (nSPS) is 13.4. The molecule has 5 rings (SSSR count). The number of anilines is 3. The smallest absolute Gasteiger partial charge is 0.272 e. The van der Waals surface area contributed by atoms with Crippen molar-refractivity contribution in [2.45, 2.75) is 0 Å². The maximum Gasteiger partial charge on any atom is 0.272 e. The number of amides is 1. The minimum Gasteiger partial charge on any atom is -0.457 e. The van der Waals surface area contributed by atoms with Gasteiger partial charge in [0.1, 0.15) is 35.2 Å². The number of nitrogens with zero attached hydrogens (tertiary/aromatic N) is 5. The summed E-state index contributed by atoms with van der Waals surface area (Å²) < 4.78 is 5.83. The van der Waals surface area contributed by atoms with E-state index >= 15 is 0 Å². The lowest BCUT2D eigenvalue weighted by molar-refractivity contribution is 0.0740. The van der Waals surface area contributed by atoms with Gasteiger partial charge >= 0.3 is 0 Å². The van der Waals surface area contributed by atoms with Gasteiger partial charge in [0.25, 0.3) is 5.91 Å². The van der Waals surface area contributed by atoms with E-state index in [0.717, 1.165) is 36.1 Å². The highest BCUT2D eigenvalue weighted by Gasteiger charge is 2.24. The molecule has 34 heavy (non-hydrogen) atoms. The summed E-state index contributed by atoms with van der Waals surface area (Å²) >= 11 is 0. The number of rotatable bonds is 6. The third-order valence-corrected chi connectivity index (χ3v) is 5.53. The van der Waals surface area contributed by atoms with Gasteiger partial charge in [0, 0.05) is 44.1 Å². The number of ether oxygens (including phenoxy) is 1. The molecule has 0 radical (unpaired) electrons. The highest BCUT2D eigenvalue weighted by molar-refractivity contribution is 5.93. The molecule has 0 spiro atoms. The largest absolute Gasteiger partial charge is 0.457 e. The minimum absolute atomic E-state index is 0.0993. The van der Waals surface area contributed by atoms with Gasteiger partial charge in [-0.05, 0) is 48.5 Å². The van der Waals surface area contributed by atoms with E-state index in [9.17, 15) is 4.79 Å². The molecule has 8 heteroatoms. The Morgan fingerprint density at radius 2 is 1.53 bits per heavy atom. The summed E-state index contributed by atoms with van der Waals surface area (Å²) in [6.07, 6.45) is 3.19. The molecule has 1 amide bonds. The number of piperazine rings is 1. The predicted octanol–water partition coefficient (Wildman–Crippen LogP) is 4.37. The summed E-state index contributed by atoms with van der Waals surface area (Å²) in [6, 6.07) is 24.7. The number of hydrogen-bond donors (Lipinski definition) is 1. The van der Waals surface area contributed by atoms with Gasteiger partial charge in [-0.25, -0.2) is 15.0 Å².